The molecule has 8 nitrogen and oxygen atoms in total. The first kappa shape index (κ1) is 25.1. The van der Waals surface area contributed by atoms with Gasteiger partial charge in [-0.15, -0.1) is 5.10 Å². The standard InChI is InChI=1S/C28H34FN7O/c1-6-28(4,5)36-26(31-32-33-36)25(23-17-22-18(2)7-8-19(3)24(22)30-27(23)37)35-15-13-34(14-16-35)21-11-9-20(29)10-12-21/h7-12,17,25H,6,13-16H2,1-5H3,(H,30,37)/t25-/m1/s1. The summed E-state index contributed by atoms with van der Waals surface area (Å²) in [6.45, 7) is 13.3. The lowest BCUT2D eigenvalue weighted by atomic mass is 9.97. The van der Waals surface area contributed by atoms with E-state index in [0.29, 0.717) is 24.5 Å². The molecule has 1 atom stereocenters. The number of aromatic amines is 1. The zero-order chi connectivity index (χ0) is 26.3. The van der Waals surface area contributed by atoms with Gasteiger partial charge in [0.05, 0.1) is 11.1 Å². The fourth-order valence-electron chi connectivity index (χ4n) is 5.13. The Morgan fingerprint density at radius 3 is 2.38 bits per heavy atom. The quantitative estimate of drug-likeness (QED) is 0.422. The number of nitrogens with zero attached hydrogens (tertiary/aromatic N) is 6. The molecule has 0 radical (unpaired) electrons. The number of aromatic nitrogens is 5. The van der Waals surface area contributed by atoms with Crippen LogP contribution in [0, 0.1) is 19.7 Å². The summed E-state index contributed by atoms with van der Waals surface area (Å²) in [7, 11) is 0. The summed E-state index contributed by atoms with van der Waals surface area (Å²) in [6, 6.07) is 12.3. The van der Waals surface area contributed by atoms with Gasteiger partial charge in [-0.3, -0.25) is 9.69 Å². The van der Waals surface area contributed by atoms with Gasteiger partial charge in [0.15, 0.2) is 5.82 Å². The van der Waals surface area contributed by atoms with E-state index in [0.717, 1.165) is 47.2 Å². The zero-order valence-electron chi connectivity index (χ0n) is 22.1. The van der Waals surface area contributed by atoms with Crippen molar-refractivity contribution in [1.29, 1.82) is 0 Å². The van der Waals surface area contributed by atoms with Crippen LogP contribution < -0.4 is 10.5 Å². The molecule has 1 aliphatic rings. The molecule has 9 heteroatoms. The molecule has 2 aromatic heterocycles. The third-order valence-electron chi connectivity index (χ3n) is 7.81. The third-order valence-corrected chi connectivity index (χ3v) is 7.81. The molecule has 0 saturated carbocycles. The molecule has 0 amide bonds. The second-order valence-corrected chi connectivity index (χ2v) is 10.6. The van der Waals surface area contributed by atoms with Crippen LogP contribution in [0.15, 0.2) is 47.3 Å². The highest BCUT2D eigenvalue weighted by atomic mass is 19.1. The number of H-pyrrole nitrogens is 1. The maximum Gasteiger partial charge on any atom is 0.253 e. The smallest absolute Gasteiger partial charge is 0.253 e. The zero-order valence-corrected chi connectivity index (χ0v) is 22.1. The van der Waals surface area contributed by atoms with E-state index in [4.69, 9.17) is 0 Å². The lowest BCUT2D eigenvalue weighted by Crippen LogP contribution is -2.49. The van der Waals surface area contributed by atoms with E-state index >= 15 is 0 Å². The number of aryl methyl sites for hydroxylation is 2. The van der Waals surface area contributed by atoms with Gasteiger partial charge in [-0.25, -0.2) is 9.07 Å². The second kappa shape index (κ2) is 9.70. The summed E-state index contributed by atoms with van der Waals surface area (Å²) in [4.78, 5) is 21.3. The molecule has 5 rings (SSSR count). The topological polar surface area (TPSA) is 82.9 Å². The fraction of sp³-hybridized carbons (Fsp3) is 0.429. The van der Waals surface area contributed by atoms with Gasteiger partial charge in [0.1, 0.15) is 11.9 Å². The molecule has 1 N–H and O–H groups in total. The number of benzene rings is 2. The van der Waals surface area contributed by atoms with Gasteiger partial charge in [-0.2, -0.15) is 0 Å². The van der Waals surface area contributed by atoms with Crippen LogP contribution in [0.5, 0.6) is 0 Å². The highest BCUT2D eigenvalue weighted by molar-refractivity contribution is 5.85. The van der Waals surface area contributed by atoms with Crippen LogP contribution in [0.4, 0.5) is 10.1 Å². The van der Waals surface area contributed by atoms with Gasteiger partial charge in [0, 0.05) is 42.8 Å². The summed E-state index contributed by atoms with van der Waals surface area (Å²) >= 11 is 0. The lowest BCUT2D eigenvalue weighted by Gasteiger charge is -2.40. The van der Waals surface area contributed by atoms with Crippen molar-refractivity contribution in [2.24, 2.45) is 0 Å². The highest BCUT2D eigenvalue weighted by Gasteiger charge is 2.35. The minimum atomic E-state index is -0.413. The van der Waals surface area contributed by atoms with Gasteiger partial charge >= 0.3 is 0 Å². The number of halogens is 1. The predicted octanol–water partition coefficient (Wildman–Crippen LogP) is 4.33. The molecule has 0 spiro atoms. The van der Waals surface area contributed by atoms with Crippen LogP contribution >= 0.6 is 0 Å². The van der Waals surface area contributed by atoms with Crippen LogP contribution in [0.1, 0.15) is 55.7 Å². The van der Waals surface area contributed by atoms with Crippen molar-refractivity contribution in [1.82, 2.24) is 30.1 Å². The molecule has 0 aliphatic carbocycles. The molecule has 1 aliphatic heterocycles. The number of nitrogens with one attached hydrogen (secondary N) is 1. The Hall–Kier alpha value is -3.59. The number of pyridine rings is 1. The molecule has 1 saturated heterocycles. The average Bonchev–Trinajstić information content (AvgIpc) is 3.39. The third kappa shape index (κ3) is 4.64. The van der Waals surface area contributed by atoms with Gasteiger partial charge in [0.2, 0.25) is 0 Å². The molecule has 194 valence electrons. The fourth-order valence-corrected chi connectivity index (χ4v) is 5.13. The van der Waals surface area contributed by atoms with Crippen LogP contribution in [0.2, 0.25) is 0 Å². The molecule has 3 heterocycles. The minimum absolute atomic E-state index is 0.129. The summed E-state index contributed by atoms with van der Waals surface area (Å²) < 4.78 is 15.3. The Kier molecular flexibility index (Phi) is 6.58. The summed E-state index contributed by atoms with van der Waals surface area (Å²) in [5, 5.41) is 13.9. The van der Waals surface area contributed by atoms with Crippen molar-refractivity contribution in [3.8, 4) is 0 Å². The van der Waals surface area contributed by atoms with Crippen molar-refractivity contribution in [3.63, 3.8) is 0 Å². The van der Waals surface area contributed by atoms with E-state index in [-0.39, 0.29) is 16.9 Å². The van der Waals surface area contributed by atoms with Crippen molar-refractivity contribution in [2.45, 2.75) is 52.6 Å². The molecular weight excluding hydrogens is 469 g/mol. The monoisotopic (exact) mass is 503 g/mol. The lowest BCUT2D eigenvalue weighted by molar-refractivity contribution is 0.186. The average molecular weight is 504 g/mol. The van der Waals surface area contributed by atoms with Gasteiger partial charge in [-0.1, -0.05) is 19.1 Å². The molecule has 0 bridgehead atoms. The Morgan fingerprint density at radius 2 is 1.70 bits per heavy atom. The number of hydrogen-bond acceptors (Lipinski definition) is 6. The molecule has 1 fully saturated rings. The molecule has 0 unspecified atom stereocenters. The highest BCUT2D eigenvalue weighted by Crippen LogP contribution is 2.32. The summed E-state index contributed by atoms with van der Waals surface area (Å²) in [6.07, 6.45) is 0.836. The molecule has 2 aromatic carbocycles. The van der Waals surface area contributed by atoms with E-state index in [1.807, 2.05) is 35.9 Å². The van der Waals surface area contributed by atoms with E-state index in [2.05, 4.69) is 64.1 Å². The van der Waals surface area contributed by atoms with Crippen LogP contribution in [0.3, 0.4) is 0 Å². The Bertz CT molecular complexity index is 1470. The molecule has 4 aromatic rings. The Labute approximate surface area is 216 Å². The van der Waals surface area contributed by atoms with Crippen molar-refractivity contribution in [3.05, 3.63) is 81.2 Å². The number of hydrogen-bond donors (Lipinski definition) is 1. The van der Waals surface area contributed by atoms with Crippen molar-refractivity contribution >= 4 is 16.6 Å². The minimum Gasteiger partial charge on any atom is -0.369 e. The maximum atomic E-state index is 13.6. The van der Waals surface area contributed by atoms with E-state index in [1.165, 1.54) is 12.1 Å². The first-order chi connectivity index (χ1) is 17.7. The first-order valence-electron chi connectivity index (χ1n) is 12.9. The van der Waals surface area contributed by atoms with E-state index in [1.54, 1.807) is 0 Å². The predicted molar refractivity (Wildman–Crippen MR) is 144 cm³/mol. The normalized spacial score (nSPS) is 15.9. The number of tetrazole rings is 1. The number of rotatable bonds is 6. The second-order valence-electron chi connectivity index (χ2n) is 10.6. The number of fused-ring (bicyclic) bond motifs is 1. The van der Waals surface area contributed by atoms with Crippen molar-refractivity contribution in [2.75, 3.05) is 31.1 Å². The van der Waals surface area contributed by atoms with E-state index in [9.17, 15) is 9.18 Å². The summed E-state index contributed by atoms with van der Waals surface area (Å²) in [5.74, 6) is 0.422. The number of piperazine rings is 1. The SMILES string of the molecule is CCC(C)(C)n1nnnc1[C@@H](c1cc2c(C)ccc(C)c2[nH]c1=O)N1CCN(c2ccc(F)cc2)CC1. The molecular formula is C28H34FN7O. The maximum absolute atomic E-state index is 13.6. The number of anilines is 1. The summed E-state index contributed by atoms with van der Waals surface area (Å²) in [5.41, 5.74) is 4.18. The van der Waals surface area contributed by atoms with Crippen LogP contribution in [0.25, 0.3) is 10.9 Å². The van der Waals surface area contributed by atoms with Gasteiger partial charge in [0.25, 0.3) is 5.56 Å². The first-order valence-corrected chi connectivity index (χ1v) is 12.9. The van der Waals surface area contributed by atoms with Crippen LogP contribution in [-0.2, 0) is 5.54 Å². The largest absolute Gasteiger partial charge is 0.369 e. The van der Waals surface area contributed by atoms with Crippen molar-refractivity contribution < 1.29 is 4.39 Å². The van der Waals surface area contributed by atoms with Gasteiger partial charge < -0.3 is 9.88 Å². The Morgan fingerprint density at radius 1 is 1.03 bits per heavy atom. The Balaban J connectivity index is 1.59. The van der Waals surface area contributed by atoms with Gasteiger partial charge in [-0.05, 0) is 86.0 Å². The van der Waals surface area contributed by atoms with Crippen LogP contribution in [-0.4, -0.2) is 56.3 Å². The molecule has 37 heavy (non-hydrogen) atoms. The van der Waals surface area contributed by atoms with E-state index < -0.39 is 6.04 Å².